The van der Waals surface area contributed by atoms with Gasteiger partial charge < -0.3 is 5.32 Å². The highest BCUT2D eigenvalue weighted by atomic mass is 32.2. The largest absolute Gasteiger partial charge is 0.352 e. The summed E-state index contributed by atoms with van der Waals surface area (Å²) in [6.07, 6.45) is 1.81. The summed E-state index contributed by atoms with van der Waals surface area (Å²) in [5.41, 5.74) is 1.82. The standard InChI is InChI=1S/C19H23FN2O3S/c1-26(24,25)22(13-11-16-5-3-2-4-6-16)14-12-19(23)21-15-17-7-9-18(20)10-8-17/h2-10H,11-15H2,1H3,(H,21,23). The fourth-order valence-electron chi connectivity index (χ4n) is 2.46. The van der Waals surface area contributed by atoms with E-state index in [-0.39, 0.29) is 31.2 Å². The zero-order valence-corrected chi connectivity index (χ0v) is 15.5. The third kappa shape index (κ3) is 6.93. The number of rotatable bonds is 9. The van der Waals surface area contributed by atoms with Crippen LogP contribution >= 0.6 is 0 Å². The molecule has 2 rings (SSSR count). The molecular formula is C19H23FN2O3S. The number of nitrogens with zero attached hydrogens (tertiary/aromatic N) is 1. The van der Waals surface area contributed by atoms with Crippen molar-refractivity contribution in [3.8, 4) is 0 Å². The van der Waals surface area contributed by atoms with Crippen molar-refractivity contribution in [2.75, 3.05) is 19.3 Å². The predicted octanol–water partition coefficient (Wildman–Crippen LogP) is 2.34. The number of halogens is 1. The van der Waals surface area contributed by atoms with E-state index in [0.29, 0.717) is 13.0 Å². The van der Waals surface area contributed by atoms with Gasteiger partial charge in [0.25, 0.3) is 0 Å². The molecule has 2 aromatic carbocycles. The van der Waals surface area contributed by atoms with E-state index in [1.807, 2.05) is 30.3 Å². The van der Waals surface area contributed by atoms with Gasteiger partial charge in [0.2, 0.25) is 15.9 Å². The lowest BCUT2D eigenvalue weighted by atomic mass is 10.1. The molecule has 0 radical (unpaired) electrons. The van der Waals surface area contributed by atoms with Crippen LogP contribution in [0.4, 0.5) is 4.39 Å². The van der Waals surface area contributed by atoms with Gasteiger partial charge in [-0.3, -0.25) is 4.79 Å². The highest BCUT2D eigenvalue weighted by molar-refractivity contribution is 7.88. The van der Waals surface area contributed by atoms with Crippen molar-refractivity contribution in [1.29, 1.82) is 0 Å². The average Bonchev–Trinajstić information content (AvgIpc) is 2.61. The van der Waals surface area contributed by atoms with Crippen LogP contribution in [0.3, 0.4) is 0 Å². The second kappa shape index (κ2) is 9.45. The maximum absolute atomic E-state index is 12.9. The van der Waals surface area contributed by atoms with Gasteiger partial charge in [0.05, 0.1) is 6.26 Å². The Morgan fingerprint density at radius 2 is 1.65 bits per heavy atom. The minimum atomic E-state index is -3.39. The Hall–Kier alpha value is -2.25. The highest BCUT2D eigenvalue weighted by Gasteiger charge is 2.17. The van der Waals surface area contributed by atoms with Gasteiger partial charge >= 0.3 is 0 Å². The van der Waals surface area contributed by atoms with E-state index >= 15 is 0 Å². The second-order valence-corrected chi connectivity index (χ2v) is 8.03. The van der Waals surface area contributed by atoms with Crippen molar-refractivity contribution in [3.63, 3.8) is 0 Å². The molecule has 140 valence electrons. The van der Waals surface area contributed by atoms with Crippen LogP contribution < -0.4 is 5.32 Å². The Bertz CT molecular complexity index is 808. The number of carbonyl (C=O) groups excluding carboxylic acids is 1. The monoisotopic (exact) mass is 378 g/mol. The van der Waals surface area contributed by atoms with Gasteiger partial charge in [-0.25, -0.2) is 17.1 Å². The molecule has 1 N–H and O–H groups in total. The molecule has 0 unspecified atom stereocenters. The van der Waals surface area contributed by atoms with Crippen molar-refractivity contribution < 1.29 is 17.6 Å². The van der Waals surface area contributed by atoms with E-state index in [1.165, 1.54) is 16.4 Å². The van der Waals surface area contributed by atoms with Gasteiger partial charge in [0.15, 0.2) is 0 Å². The number of amides is 1. The van der Waals surface area contributed by atoms with E-state index in [9.17, 15) is 17.6 Å². The molecular weight excluding hydrogens is 355 g/mol. The molecule has 1 amide bonds. The number of hydrogen-bond acceptors (Lipinski definition) is 3. The van der Waals surface area contributed by atoms with Crippen molar-refractivity contribution in [1.82, 2.24) is 9.62 Å². The van der Waals surface area contributed by atoms with E-state index < -0.39 is 10.0 Å². The summed E-state index contributed by atoms with van der Waals surface area (Å²) in [6.45, 7) is 0.733. The molecule has 0 bridgehead atoms. The minimum absolute atomic E-state index is 0.0725. The summed E-state index contributed by atoms with van der Waals surface area (Å²) in [5.74, 6) is -0.579. The lowest BCUT2D eigenvalue weighted by Gasteiger charge is -2.19. The molecule has 0 saturated heterocycles. The summed E-state index contributed by atoms with van der Waals surface area (Å²) >= 11 is 0. The molecule has 0 atom stereocenters. The zero-order chi connectivity index (χ0) is 19.0. The Kier molecular flexibility index (Phi) is 7.29. The maximum atomic E-state index is 12.9. The van der Waals surface area contributed by atoms with Crippen LogP contribution in [-0.2, 0) is 27.8 Å². The van der Waals surface area contributed by atoms with Crippen LogP contribution in [0.5, 0.6) is 0 Å². The van der Waals surface area contributed by atoms with Gasteiger partial charge in [-0.15, -0.1) is 0 Å². The van der Waals surface area contributed by atoms with E-state index in [1.54, 1.807) is 12.1 Å². The number of carbonyl (C=O) groups is 1. The molecule has 0 heterocycles. The molecule has 0 aliphatic rings. The number of hydrogen-bond donors (Lipinski definition) is 1. The van der Waals surface area contributed by atoms with Crippen LogP contribution in [-0.4, -0.2) is 38.0 Å². The predicted molar refractivity (Wildman–Crippen MR) is 99.4 cm³/mol. The number of benzene rings is 2. The zero-order valence-electron chi connectivity index (χ0n) is 14.7. The summed E-state index contributed by atoms with van der Waals surface area (Å²) in [5, 5.41) is 2.72. The first-order valence-corrected chi connectivity index (χ1v) is 10.2. The lowest BCUT2D eigenvalue weighted by Crippen LogP contribution is -2.35. The Balaban J connectivity index is 1.82. The summed E-state index contributed by atoms with van der Waals surface area (Å²) in [7, 11) is -3.39. The van der Waals surface area contributed by atoms with Crippen LogP contribution in [0.15, 0.2) is 54.6 Å². The van der Waals surface area contributed by atoms with Gasteiger partial charge in [0, 0.05) is 26.1 Å². The van der Waals surface area contributed by atoms with Crippen molar-refractivity contribution in [3.05, 3.63) is 71.5 Å². The molecule has 2 aromatic rings. The number of nitrogens with one attached hydrogen (secondary N) is 1. The first-order valence-electron chi connectivity index (χ1n) is 8.35. The van der Waals surface area contributed by atoms with Crippen molar-refractivity contribution in [2.24, 2.45) is 0 Å². The summed E-state index contributed by atoms with van der Waals surface area (Å²) in [4.78, 5) is 12.0. The molecule has 0 aliphatic heterocycles. The van der Waals surface area contributed by atoms with Crippen molar-refractivity contribution >= 4 is 15.9 Å². The highest BCUT2D eigenvalue weighted by Crippen LogP contribution is 2.06. The normalized spacial score (nSPS) is 11.5. The lowest BCUT2D eigenvalue weighted by molar-refractivity contribution is -0.121. The first-order chi connectivity index (χ1) is 12.3. The van der Waals surface area contributed by atoms with Crippen LogP contribution in [0.25, 0.3) is 0 Å². The Labute approximate surface area is 153 Å². The third-order valence-corrected chi connectivity index (χ3v) is 5.26. The Morgan fingerprint density at radius 3 is 2.27 bits per heavy atom. The molecule has 0 saturated carbocycles. The second-order valence-electron chi connectivity index (χ2n) is 6.05. The molecule has 5 nitrogen and oxygen atoms in total. The smallest absolute Gasteiger partial charge is 0.221 e. The molecule has 0 fully saturated rings. The summed E-state index contributed by atoms with van der Waals surface area (Å²) in [6, 6.07) is 15.4. The van der Waals surface area contributed by atoms with Gasteiger partial charge in [0.1, 0.15) is 5.82 Å². The van der Waals surface area contributed by atoms with Crippen LogP contribution in [0.2, 0.25) is 0 Å². The topological polar surface area (TPSA) is 66.5 Å². The van der Waals surface area contributed by atoms with Gasteiger partial charge in [-0.2, -0.15) is 0 Å². The van der Waals surface area contributed by atoms with Gasteiger partial charge in [-0.1, -0.05) is 42.5 Å². The minimum Gasteiger partial charge on any atom is -0.352 e. The quantitative estimate of drug-likeness (QED) is 0.728. The van der Waals surface area contributed by atoms with Crippen molar-refractivity contribution in [2.45, 2.75) is 19.4 Å². The molecule has 0 aromatic heterocycles. The van der Waals surface area contributed by atoms with E-state index in [4.69, 9.17) is 0 Å². The third-order valence-electron chi connectivity index (χ3n) is 3.95. The molecule has 26 heavy (non-hydrogen) atoms. The summed E-state index contributed by atoms with van der Waals surface area (Å²) < 4.78 is 38.0. The Morgan fingerprint density at radius 1 is 1.00 bits per heavy atom. The molecule has 7 heteroatoms. The average molecular weight is 378 g/mol. The number of sulfonamides is 1. The van der Waals surface area contributed by atoms with Gasteiger partial charge in [-0.05, 0) is 29.7 Å². The fourth-order valence-corrected chi connectivity index (χ4v) is 3.31. The van der Waals surface area contributed by atoms with E-state index in [0.717, 1.165) is 17.4 Å². The van der Waals surface area contributed by atoms with Crippen LogP contribution in [0.1, 0.15) is 17.5 Å². The fraction of sp³-hybridized carbons (Fsp3) is 0.316. The first kappa shape index (κ1) is 20.1. The van der Waals surface area contributed by atoms with E-state index in [2.05, 4.69) is 5.32 Å². The molecule has 0 spiro atoms. The maximum Gasteiger partial charge on any atom is 0.221 e. The molecule has 0 aliphatic carbocycles. The van der Waals surface area contributed by atoms with Crippen LogP contribution in [0, 0.1) is 5.82 Å². The SMILES string of the molecule is CS(=O)(=O)N(CCC(=O)NCc1ccc(F)cc1)CCc1ccccc1.